The molecule has 0 aliphatic heterocycles. The lowest BCUT2D eigenvalue weighted by molar-refractivity contribution is -0.129. The molecule has 3 amide bonds. The summed E-state index contributed by atoms with van der Waals surface area (Å²) in [6, 6.07) is 16.2. The molecule has 0 saturated heterocycles. The van der Waals surface area contributed by atoms with Gasteiger partial charge in [-0.15, -0.1) is 0 Å². The number of nitrogens with zero attached hydrogens (tertiary/aromatic N) is 1. The van der Waals surface area contributed by atoms with E-state index < -0.39 is 0 Å². The van der Waals surface area contributed by atoms with Crippen LogP contribution in [0.1, 0.15) is 12.5 Å². The van der Waals surface area contributed by atoms with E-state index in [1.165, 1.54) is 6.92 Å². The summed E-state index contributed by atoms with van der Waals surface area (Å²) >= 11 is 5.86. The molecule has 24 heavy (non-hydrogen) atoms. The summed E-state index contributed by atoms with van der Waals surface area (Å²) in [4.78, 5) is 25.2. The summed E-state index contributed by atoms with van der Waals surface area (Å²) < 4.78 is 0. The number of carbonyl (C=O) groups is 2. The van der Waals surface area contributed by atoms with E-state index in [4.69, 9.17) is 11.6 Å². The first-order valence-corrected chi connectivity index (χ1v) is 8.02. The maximum absolute atomic E-state index is 11.8. The molecular weight excluding hydrogens is 326 g/mol. The molecule has 2 aromatic rings. The van der Waals surface area contributed by atoms with E-state index in [0.29, 0.717) is 24.7 Å². The molecule has 0 aromatic heterocycles. The van der Waals surface area contributed by atoms with Gasteiger partial charge in [0.15, 0.2) is 0 Å². The molecular formula is C18H20ClN3O2. The Morgan fingerprint density at radius 2 is 1.71 bits per heavy atom. The Morgan fingerprint density at radius 3 is 2.33 bits per heavy atom. The summed E-state index contributed by atoms with van der Waals surface area (Å²) in [5.74, 6) is -0.0461. The molecule has 0 heterocycles. The molecule has 2 rings (SSSR count). The normalized spacial score (nSPS) is 10.1. The number of urea groups is 1. The SMILES string of the molecule is CC(=O)N(CCNC(=O)Nc1ccccc1)Cc1ccc(Cl)cc1. The van der Waals surface area contributed by atoms with Crippen LogP contribution < -0.4 is 10.6 Å². The van der Waals surface area contributed by atoms with E-state index >= 15 is 0 Å². The van der Waals surface area contributed by atoms with Crippen molar-refractivity contribution >= 4 is 29.2 Å². The molecule has 126 valence electrons. The molecule has 0 saturated carbocycles. The van der Waals surface area contributed by atoms with Gasteiger partial charge in [0, 0.05) is 37.3 Å². The van der Waals surface area contributed by atoms with Crippen LogP contribution in [0.5, 0.6) is 0 Å². The zero-order valence-corrected chi connectivity index (χ0v) is 14.2. The van der Waals surface area contributed by atoms with Gasteiger partial charge in [0.2, 0.25) is 5.91 Å². The number of para-hydroxylation sites is 1. The van der Waals surface area contributed by atoms with Crippen LogP contribution in [-0.2, 0) is 11.3 Å². The van der Waals surface area contributed by atoms with E-state index in [2.05, 4.69) is 10.6 Å². The minimum atomic E-state index is -0.295. The van der Waals surface area contributed by atoms with Crippen molar-refractivity contribution in [3.8, 4) is 0 Å². The van der Waals surface area contributed by atoms with E-state index in [1.807, 2.05) is 42.5 Å². The van der Waals surface area contributed by atoms with Crippen LogP contribution in [0.25, 0.3) is 0 Å². The van der Waals surface area contributed by atoms with Crippen LogP contribution in [0.15, 0.2) is 54.6 Å². The largest absolute Gasteiger partial charge is 0.337 e. The molecule has 2 aromatic carbocycles. The highest BCUT2D eigenvalue weighted by atomic mass is 35.5. The fourth-order valence-electron chi connectivity index (χ4n) is 2.16. The number of amides is 3. The predicted molar refractivity (Wildman–Crippen MR) is 96.0 cm³/mol. The highest BCUT2D eigenvalue weighted by molar-refractivity contribution is 6.30. The Balaban J connectivity index is 1.80. The average molecular weight is 346 g/mol. The summed E-state index contributed by atoms with van der Waals surface area (Å²) in [6.07, 6.45) is 0. The van der Waals surface area contributed by atoms with Crippen LogP contribution in [0.3, 0.4) is 0 Å². The van der Waals surface area contributed by atoms with Crippen molar-refractivity contribution in [1.29, 1.82) is 0 Å². The van der Waals surface area contributed by atoms with E-state index in [-0.39, 0.29) is 11.9 Å². The molecule has 0 radical (unpaired) electrons. The van der Waals surface area contributed by atoms with E-state index in [9.17, 15) is 9.59 Å². The summed E-state index contributed by atoms with van der Waals surface area (Å²) in [5.41, 5.74) is 1.71. The number of carbonyl (C=O) groups excluding carboxylic acids is 2. The Bertz CT molecular complexity index is 674. The third kappa shape index (κ3) is 5.93. The van der Waals surface area contributed by atoms with Crippen molar-refractivity contribution in [2.24, 2.45) is 0 Å². The van der Waals surface area contributed by atoms with Crippen LogP contribution in [0.4, 0.5) is 10.5 Å². The molecule has 2 N–H and O–H groups in total. The number of benzene rings is 2. The van der Waals surface area contributed by atoms with Gasteiger partial charge in [-0.3, -0.25) is 4.79 Å². The first-order chi connectivity index (χ1) is 11.5. The molecule has 0 aliphatic carbocycles. The second-order valence-electron chi connectivity index (χ2n) is 5.31. The maximum atomic E-state index is 11.8. The van der Waals surface area contributed by atoms with Gasteiger partial charge in [-0.2, -0.15) is 0 Å². The van der Waals surface area contributed by atoms with Crippen molar-refractivity contribution < 1.29 is 9.59 Å². The summed E-state index contributed by atoms with van der Waals surface area (Å²) in [7, 11) is 0. The first-order valence-electron chi connectivity index (χ1n) is 7.64. The van der Waals surface area contributed by atoms with Gasteiger partial charge < -0.3 is 15.5 Å². The molecule has 6 heteroatoms. The number of halogens is 1. The third-order valence-corrected chi connectivity index (χ3v) is 3.68. The Morgan fingerprint density at radius 1 is 1.04 bits per heavy atom. The standard InChI is InChI=1S/C18H20ClN3O2/c1-14(23)22(13-15-7-9-16(19)10-8-15)12-11-20-18(24)21-17-5-3-2-4-6-17/h2-10H,11-13H2,1H3,(H2,20,21,24). The molecule has 0 fully saturated rings. The zero-order valence-electron chi connectivity index (χ0n) is 13.5. The van der Waals surface area contributed by atoms with Gasteiger partial charge in [-0.25, -0.2) is 4.79 Å². The van der Waals surface area contributed by atoms with Gasteiger partial charge in [0.1, 0.15) is 0 Å². The van der Waals surface area contributed by atoms with Crippen molar-refractivity contribution in [3.63, 3.8) is 0 Å². The fraction of sp³-hybridized carbons (Fsp3) is 0.222. The van der Waals surface area contributed by atoms with Crippen molar-refractivity contribution in [2.45, 2.75) is 13.5 Å². The molecule has 5 nitrogen and oxygen atoms in total. The van der Waals surface area contributed by atoms with Crippen molar-refractivity contribution in [3.05, 3.63) is 65.2 Å². The van der Waals surface area contributed by atoms with Gasteiger partial charge in [-0.05, 0) is 29.8 Å². The lowest BCUT2D eigenvalue weighted by Crippen LogP contribution is -2.38. The monoisotopic (exact) mass is 345 g/mol. The Labute approximate surface area is 146 Å². The fourth-order valence-corrected chi connectivity index (χ4v) is 2.29. The summed E-state index contributed by atoms with van der Waals surface area (Å²) in [6.45, 7) is 2.79. The number of anilines is 1. The highest BCUT2D eigenvalue weighted by Crippen LogP contribution is 2.11. The number of rotatable bonds is 6. The second-order valence-corrected chi connectivity index (χ2v) is 5.75. The van der Waals surface area contributed by atoms with Crippen LogP contribution in [-0.4, -0.2) is 29.9 Å². The van der Waals surface area contributed by atoms with Crippen LogP contribution >= 0.6 is 11.6 Å². The molecule has 0 bridgehead atoms. The molecule has 0 atom stereocenters. The lowest BCUT2D eigenvalue weighted by atomic mass is 10.2. The minimum absolute atomic E-state index is 0.0461. The third-order valence-electron chi connectivity index (χ3n) is 3.43. The van der Waals surface area contributed by atoms with Crippen LogP contribution in [0.2, 0.25) is 5.02 Å². The van der Waals surface area contributed by atoms with Gasteiger partial charge >= 0.3 is 6.03 Å². The predicted octanol–water partition coefficient (Wildman–Crippen LogP) is 3.51. The smallest absolute Gasteiger partial charge is 0.319 e. The van der Waals surface area contributed by atoms with Gasteiger partial charge in [0.25, 0.3) is 0 Å². The van der Waals surface area contributed by atoms with E-state index in [0.717, 1.165) is 11.3 Å². The van der Waals surface area contributed by atoms with Crippen molar-refractivity contribution in [2.75, 3.05) is 18.4 Å². The summed E-state index contributed by atoms with van der Waals surface area (Å²) in [5, 5.41) is 6.14. The molecule has 0 aliphatic rings. The maximum Gasteiger partial charge on any atom is 0.319 e. The lowest BCUT2D eigenvalue weighted by Gasteiger charge is -2.21. The quantitative estimate of drug-likeness (QED) is 0.841. The Hall–Kier alpha value is -2.53. The number of nitrogens with one attached hydrogen (secondary N) is 2. The zero-order chi connectivity index (χ0) is 17.4. The Kier molecular flexibility index (Phi) is 6.63. The molecule has 0 spiro atoms. The second kappa shape index (κ2) is 8.93. The van der Waals surface area contributed by atoms with Crippen molar-refractivity contribution in [1.82, 2.24) is 10.2 Å². The van der Waals surface area contributed by atoms with Crippen LogP contribution in [0, 0.1) is 0 Å². The number of hydrogen-bond acceptors (Lipinski definition) is 2. The average Bonchev–Trinajstić information content (AvgIpc) is 2.56. The highest BCUT2D eigenvalue weighted by Gasteiger charge is 2.10. The first kappa shape index (κ1) is 17.8. The van der Waals surface area contributed by atoms with Gasteiger partial charge in [-0.1, -0.05) is 41.9 Å². The minimum Gasteiger partial charge on any atom is -0.337 e. The number of hydrogen-bond donors (Lipinski definition) is 2. The topological polar surface area (TPSA) is 61.4 Å². The van der Waals surface area contributed by atoms with Gasteiger partial charge in [0.05, 0.1) is 0 Å². The van der Waals surface area contributed by atoms with E-state index in [1.54, 1.807) is 17.0 Å². The molecule has 0 unspecified atom stereocenters.